The SMILES string of the molecule is CCCC(=O)NCC1CCCN(C(=O)c2ccc(C)s2)C1. The molecule has 4 nitrogen and oxygen atoms in total. The molecule has 0 bridgehead atoms. The van der Waals surface area contributed by atoms with Gasteiger partial charge in [0.2, 0.25) is 5.91 Å². The van der Waals surface area contributed by atoms with Gasteiger partial charge in [0.1, 0.15) is 0 Å². The lowest BCUT2D eigenvalue weighted by Crippen LogP contribution is -2.43. The molecule has 1 aliphatic heterocycles. The second-order valence-corrected chi connectivity index (χ2v) is 7.01. The number of piperidine rings is 1. The van der Waals surface area contributed by atoms with E-state index in [9.17, 15) is 9.59 Å². The zero-order chi connectivity index (χ0) is 15.2. The van der Waals surface area contributed by atoms with Crippen molar-refractivity contribution >= 4 is 23.2 Å². The molecule has 21 heavy (non-hydrogen) atoms. The zero-order valence-corrected chi connectivity index (χ0v) is 13.7. The Bertz CT molecular complexity index is 498. The molecule has 1 aliphatic rings. The van der Waals surface area contributed by atoms with Crippen LogP contribution in [-0.2, 0) is 4.79 Å². The number of aryl methyl sites for hydroxylation is 1. The van der Waals surface area contributed by atoms with Gasteiger partial charge < -0.3 is 10.2 Å². The maximum Gasteiger partial charge on any atom is 0.263 e. The Kier molecular flexibility index (Phi) is 5.79. The third kappa shape index (κ3) is 4.56. The second kappa shape index (κ2) is 7.59. The first-order valence-corrected chi connectivity index (χ1v) is 8.54. The van der Waals surface area contributed by atoms with E-state index in [0.29, 0.717) is 18.9 Å². The van der Waals surface area contributed by atoms with Crippen LogP contribution < -0.4 is 5.32 Å². The van der Waals surface area contributed by atoms with Crippen LogP contribution in [0.2, 0.25) is 0 Å². The van der Waals surface area contributed by atoms with Gasteiger partial charge in [-0.05, 0) is 44.2 Å². The van der Waals surface area contributed by atoms with E-state index in [2.05, 4.69) is 5.32 Å². The molecule has 1 atom stereocenters. The first kappa shape index (κ1) is 16.0. The van der Waals surface area contributed by atoms with Crippen molar-refractivity contribution in [3.05, 3.63) is 21.9 Å². The Morgan fingerprint density at radius 3 is 2.90 bits per heavy atom. The Morgan fingerprint density at radius 2 is 2.24 bits per heavy atom. The first-order chi connectivity index (χ1) is 10.1. The van der Waals surface area contributed by atoms with Crippen molar-refractivity contribution in [2.24, 2.45) is 5.92 Å². The molecular formula is C16H24N2O2S. The molecule has 2 rings (SSSR count). The van der Waals surface area contributed by atoms with Gasteiger partial charge >= 0.3 is 0 Å². The fraction of sp³-hybridized carbons (Fsp3) is 0.625. The lowest BCUT2D eigenvalue weighted by Gasteiger charge is -2.32. The van der Waals surface area contributed by atoms with Gasteiger partial charge in [-0.2, -0.15) is 0 Å². The highest BCUT2D eigenvalue weighted by molar-refractivity contribution is 7.13. The van der Waals surface area contributed by atoms with Crippen molar-refractivity contribution in [3.63, 3.8) is 0 Å². The number of carbonyl (C=O) groups excluding carboxylic acids is 2. The minimum Gasteiger partial charge on any atom is -0.356 e. The van der Waals surface area contributed by atoms with Crippen LogP contribution in [0.15, 0.2) is 12.1 Å². The number of likely N-dealkylation sites (tertiary alicyclic amines) is 1. The van der Waals surface area contributed by atoms with E-state index in [-0.39, 0.29) is 11.8 Å². The van der Waals surface area contributed by atoms with E-state index in [1.165, 1.54) is 4.88 Å². The summed E-state index contributed by atoms with van der Waals surface area (Å²) in [5, 5.41) is 2.98. The van der Waals surface area contributed by atoms with Gasteiger partial charge in [0.15, 0.2) is 0 Å². The summed E-state index contributed by atoms with van der Waals surface area (Å²) < 4.78 is 0. The smallest absolute Gasteiger partial charge is 0.263 e. The summed E-state index contributed by atoms with van der Waals surface area (Å²) in [6.07, 6.45) is 3.56. The van der Waals surface area contributed by atoms with Crippen molar-refractivity contribution < 1.29 is 9.59 Å². The molecule has 0 spiro atoms. The third-order valence-corrected chi connectivity index (χ3v) is 4.81. The van der Waals surface area contributed by atoms with Crippen LogP contribution in [0.25, 0.3) is 0 Å². The minimum atomic E-state index is 0.120. The summed E-state index contributed by atoms with van der Waals surface area (Å²) in [5.74, 6) is 0.636. The summed E-state index contributed by atoms with van der Waals surface area (Å²) >= 11 is 1.55. The van der Waals surface area contributed by atoms with E-state index in [4.69, 9.17) is 0 Å². The largest absolute Gasteiger partial charge is 0.356 e. The minimum absolute atomic E-state index is 0.120. The van der Waals surface area contributed by atoms with E-state index < -0.39 is 0 Å². The van der Waals surface area contributed by atoms with Gasteiger partial charge in [-0.1, -0.05) is 6.92 Å². The van der Waals surface area contributed by atoms with Gasteiger partial charge in [0.05, 0.1) is 4.88 Å². The van der Waals surface area contributed by atoms with Crippen LogP contribution >= 0.6 is 11.3 Å². The number of nitrogens with one attached hydrogen (secondary N) is 1. The van der Waals surface area contributed by atoms with Gasteiger partial charge in [0.25, 0.3) is 5.91 Å². The number of amides is 2. The molecule has 1 fully saturated rings. The molecular weight excluding hydrogens is 284 g/mol. The molecule has 116 valence electrons. The Morgan fingerprint density at radius 1 is 1.43 bits per heavy atom. The lowest BCUT2D eigenvalue weighted by atomic mass is 9.97. The number of carbonyl (C=O) groups is 2. The topological polar surface area (TPSA) is 49.4 Å². The predicted molar refractivity (Wildman–Crippen MR) is 85.6 cm³/mol. The second-order valence-electron chi connectivity index (χ2n) is 5.72. The molecule has 2 heterocycles. The highest BCUT2D eigenvalue weighted by Gasteiger charge is 2.25. The predicted octanol–water partition coefficient (Wildman–Crippen LogP) is 2.83. The number of thiophene rings is 1. The molecule has 0 aromatic carbocycles. The van der Waals surface area contributed by atoms with Crippen molar-refractivity contribution in [3.8, 4) is 0 Å². The maximum atomic E-state index is 12.4. The number of hydrogen-bond donors (Lipinski definition) is 1. The molecule has 1 saturated heterocycles. The molecule has 1 aromatic rings. The molecule has 0 aliphatic carbocycles. The van der Waals surface area contributed by atoms with E-state index in [1.54, 1.807) is 11.3 Å². The number of hydrogen-bond acceptors (Lipinski definition) is 3. The summed E-state index contributed by atoms with van der Waals surface area (Å²) in [6.45, 7) is 6.29. The zero-order valence-electron chi connectivity index (χ0n) is 12.9. The quantitative estimate of drug-likeness (QED) is 0.909. The first-order valence-electron chi connectivity index (χ1n) is 7.72. The number of rotatable bonds is 5. The molecule has 0 saturated carbocycles. The molecule has 0 radical (unpaired) electrons. The average Bonchev–Trinajstić information content (AvgIpc) is 2.91. The fourth-order valence-corrected chi connectivity index (χ4v) is 3.53. The Labute approximate surface area is 130 Å². The molecule has 2 amide bonds. The summed E-state index contributed by atoms with van der Waals surface area (Å²) in [5.41, 5.74) is 0. The summed E-state index contributed by atoms with van der Waals surface area (Å²) in [6, 6.07) is 3.90. The van der Waals surface area contributed by atoms with Crippen LogP contribution in [0.1, 0.15) is 47.2 Å². The van der Waals surface area contributed by atoms with Crippen LogP contribution in [0.3, 0.4) is 0 Å². The summed E-state index contributed by atoms with van der Waals surface area (Å²) in [7, 11) is 0. The molecule has 1 unspecified atom stereocenters. The van der Waals surface area contributed by atoms with Crippen LogP contribution in [0.4, 0.5) is 0 Å². The molecule has 5 heteroatoms. The monoisotopic (exact) mass is 308 g/mol. The Hall–Kier alpha value is -1.36. The molecule has 1 N–H and O–H groups in total. The standard InChI is InChI=1S/C16H24N2O2S/c1-3-5-15(19)17-10-13-6-4-9-18(11-13)16(20)14-8-7-12(2)21-14/h7-8,13H,3-6,9-11H2,1-2H3,(H,17,19). The van der Waals surface area contributed by atoms with Crippen molar-refractivity contribution in [2.45, 2.75) is 39.5 Å². The summed E-state index contributed by atoms with van der Waals surface area (Å²) in [4.78, 5) is 27.9. The van der Waals surface area contributed by atoms with Crippen LogP contribution in [-0.4, -0.2) is 36.3 Å². The third-order valence-electron chi connectivity index (χ3n) is 3.82. The van der Waals surface area contributed by atoms with E-state index in [1.807, 2.05) is 30.9 Å². The van der Waals surface area contributed by atoms with E-state index in [0.717, 1.165) is 37.2 Å². The highest BCUT2D eigenvalue weighted by Crippen LogP contribution is 2.22. The normalized spacial score (nSPS) is 18.6. The lowest BCUT2D eigenvalue weighted by molar-refractivity contribution is -0.121. The maximum absolute atomic E-state index is 12.4. The molecule has 1 aromatic heterocycles. The van der Waals surface area contributed by atoms with Gasteiger partial charge in [0, 0.05) is 30.9 Å². The number of nitrogens with zero attached hydrogens (tertiary/aromatic N) is 1. The highest BCUT2D eigenvalue weighted by atomic mass is 32.1. The van der Waals surface area contributed by atoms with Crippen LogP contribution in [0.5, 0.6) is 0 Å². The van der Waals surface area contributed by atoms with Crippen molar-refractivity contribution in [1.29, 1.82) is 0 Å². The van der Waals surface area contributed by atoms with Gasteiger partial charge in [-0.25, -0.2) is 0 Å². The van der Waals surface area contributed by atoms with Crippen LogP contribution in [0, 0.1) is 12.8 Å². The van der Waals surface area contributed by atoms with Crippen molar-refractivity contribution in [2.75, 3.05) is 19.6 Å². The van der Waals surface area contributed by atoms with Gasteiger partial charge in [-0.15, -0.1) is 11.3 Å². The van der Waals surface area contributed by atoms with E-state index >= 15 is 0 Å². The fourth-order valence-electron chi connectivity index (χ4n) is 2.70. The van der Waals surface area contributed by atoms with Gasteiger partial charge in [-0.3, -0.25) is 9.59 Å². The van der Waals surface area contributed by atoms with Crippen molar-refractivity contribution in [1.82, 2.24) is 10.2 Å². The average molecular weight is 308 g/mol. The Balaban J connectivity index is 1.85.